The lowest BCUT2D eigenvalue weighted by Crippen LogP contribution is -2.07. The molecule has 0 spiro atoms. The van der Waals surface area contributed by atoms with Crippen molar-refractivity contribution in [2.75, 3.05) is 0 Å². The Morgan fingerprint density at radius 2 is 1.86 bits per heavy atom. The summed E-state index contributed by atoms with van der Waals surface area (Å²) >= 11 is 0. The number of allylic oxidation sites excluding steroid dienone is 1. The van der Waals surface area contributed by atoms with Crippen LogP contribution < -0.4 is 5.73 Å². The van der Waals surface area contributed by atoms with Crippen LogP contribution in [0.2, 0.25) is 0 Å². The number of hydrogen-bond donors (Lipinski definition) is 1. The van der Waals surface area contributed by atoms with Crippen LogP contribution in [0.25, 0.3) is 5.70 Å². The summed E-state index contributed by atoms with van der Waals surface area (Å²) in [5, 5.41) is 0. The Kier molecular flexibility index (Phi) is 3.46. The lowest BCUT2D eigenvalue weighted by molar-refractivity contribution is -0.117. The number of benzene rings is 1. The maximum absolute atomic E-state index is 11.4. The van der Waals surface area contributed by atoms with Gasteiger partial charge in [-0.2, -0.15) is 0 Å². The summed E-state index contributed by atoms with van der Waals surface area (Å²) in [5.74, 6) is 0.0589. The van der Waals surface area contributed by atoms with Crippen molar-refractivity contribution in [2.24, 2.45) is 11.7 Å². The Hall–Kier alpha value is -1.57. The standard InChI is InChI=1S/C12H15NO/c1-9(2)12(14)8-11(13)10-6-4-3-5-7-10/h3-9H,13H2,1-2H3. The van der Waals surface area contributed by atoms with E-state index in [2.05, 4.69) is 0 Å². The summed E-state index contributed by atoms with van der Waals surface area (Å²) in [7, 11) is 0. The van der Waals surface area contributed by atoms with E-state index in [-0.39, 0.29) is 11.7 Å². The van der Waals surface area contributed by atoms with Gasteiger partial charge in [0.25, 0.3) is 0 Å². The van der Waals surface area contributed by atoms with E-state index < -0.39 is 0 Å². The van der Waals surface area contributed by atoms with Crippen LogP contribution in [0, 0.1) is 5.92 Å². The summed E-state index contributed by atoms with van der Waals surface area (Å²) in [6.07, 6.45) is 1.50. The third kappa shape index (κ3) is 2.73. The lowest BCUT2D eigenvalue weighted by Gasteiger charge is -2.02. The van der Waals surface area contributed by atoms with Crippen LogP contribution in [0.3, 0.4) is 0 Å². The van der Waals surface area contributed by atoms with Gasteiger partial charge in [0.15, 0.2) is 5.78 Å². The van der Waals surface area contributed by atoms with Crippen molar-refractivity contribution in [1.82, 2.24) is 0 Å². The smallest absolute Gasteiger partial charge is 0.160 e. The van der Waals surface area contributed by atoms with Crippen molar-refractivity contribution in [3.05, 3.63) is 42.0 Å². The van der Waals surface area contributed by atoms with Crippen LogP contribution >= 0.6 is 0 Å². The molecule has 0 bridgehead atoms. The van der Waals surface area contributed by atoms with Gasteiger partial charge < -0.3 is 5.73 Å². The van der Waals surface area contributed by atoms with Crippen molar-refractivity contribution in [1.29, 1.82) is 0 Å². The normalized spacial score (nSPS) is 11.8. The van der Waals surface area contributed by atoms with Crippen molar-refractivity contribution in [3.8, 4) is 0 Å². The van der Waals surface area contributed by atoms with Gasteiger partial charge in [-0.3, -0.25) is 4.79 Å². The Labute approximate surface area is 84.4 Å². The number of hydrogen-bond acceptors (Lipinski definition) is 2. The zero-order chi connectivity index (χ0) is 10.6. The van der Waals surface area contributed by atoms with Gasteiger partial charge in [-0.25, -0.2) is 0 Å². The Morgan fingerprint density at radius 1 is 1.29 bits per heavy atom. The Bertz CT molecular complexity index is 339. The zero-order valence-corrected chi connectivity index (χ0v) is 8.53. The molecule has 0 aliphatic carbocycles. The molecule has 0 heterocycles. The number of carbonyl (C=O) groups is 1. The molecule has 0 unspecified atom stereocenters. The fourth-order valence-corrected chi connectivity index (χ4v) is 1.03. The molecule has 14 heavy (non-hydrogen) atoms. The van der Waals surface area contributed by atoms with Gasteiger partial charge in [0.1, 0.15) is 0 Å². The van der Waals surface area contributed by atoms with Gasteiger partial charge in [0, 0.05) is 17.7 Å². The van der Waals surface area contributed by atoms with Gasteiger partial charge >= 0.3 is 0 Å². The summed E-state index contributed by atoms with van der Waals surface area (Å²) in [5.41, 5.74) is 7.20. The van der Waals surface area contributed by atoms with E-state index in [1.54, 1.807) is 0 Å². The first kappa shape index (κ1) is 10.5. The first-order valence-corrected chi connectivity index (χ1v) is 4.67. The molecule has 0 saturated carbocycles. The molecule has 0 saturated heterocycles. The zero-order valence-electron chi connectivity index (χ0n) is 8.53. The third-order valence-electron chi connectivity index (χ3n) is 1.97. The third-order valence-corrected chi connectivity index (χ3v) is 1.97. The molecule has 2 nitrogen and oxygen atoms in total. The lowest BCUT2D eigenvalue weighted by atomic mass is 10.1. The second kappa shape index (κ2) is 4.61. The average molecular weight is 189 g/mol. The van der Waals surface area contributed by atoms with E-state index in [0.717, 1.165) is 5.56 Å². The molecule has 0 fully saturated rings. The molecule has 0 atom stereocenters. The molecule has 0 aromatic heterocycles. The summed E-state index contributed by atoms with van der Waals surface area (Å²) in [6, 6.07) is 9.49. The van der Waals surface area contributed by atoms with E-state index in [0.29, 0.717) is 5.70 Å². The maximum Gasteiger partial charge on any atom is 0.160 e. The van der Waals surface area contributed by atoms with E-state index in [9.17, 15) is 4.79 Å². The van der Waals surface area contributed by atoms with E-state index in [1.165, 1.54) is 6.08 Å². The molecule has 0 amide bonds. The molecule has 0 aliphatic heterocycles. The molecule has 2 N–H and O–H groups in total. The second-order valence-corrected chi connectivity index (χ2v) is 3.52. The average Bonchev–Trinajstić information content (AvgIpc) is 2.19. The molecule has 1 aromatic rings. The van der Waals surface area contributed by atoms with Crippen LogP contribution in [0.4, 0.5) is 0 Å². The molecule has 1 aromatic carbocycles. The van der Waals surface area contributed by atoms with Gasteiger partial charge in [0.2, 0.25) is 0 Å². The van der Waals surface area contributed by atoms with E-state index in [1.807, 2.05) is 44.2 Å². The Balaban J connectivity index is 2.85. The molecular formula is C12H15NO. The largest absolute Gasteiger partial charge is 0.398 e. The van der Waals surface area contributed by atoms with E-state index in [4.69, 9.17) is 5.73 Å². The molecule has 1 rings (SSSR count). The number of ketones is 1. The predicted molar refractivity (Wildman–Crippen MR) is 58.5 cm³/mol. The monoisotopic (exact) mass is 189 g/mol. The second-order valence-electron chi connectivity index (χ2n) is 3.52. The van der Waals surface area contributed by atoms with Crippen LogP contribution in [0.1, 0.15) is 19.4 Å². The minimum Gasteiger partial charge on any atom is -0.398 e. The van der Waals surface area contributed by atoms with Gasteiger partial charge in [-0.1, -0.05) is 44.2 Å². The fourth-order valence-electron chi connectivity index (χ4n) is 1.03. The molecule has 2 heteroatoms. The van der Waals surface area contributed by atoms with Crippen LogP contribution in [-0.2, 0) is 4.79 Å². The first-order chi connectivity index (χ1) is 6.61. The number of carbonyl (C=O) groups excluding carboxylic acids is 1. The topological polar surface area (TPSA) is 43.1 Å². The van der Waals surface area contributed by atoms with Crippen LogP contribution in [-0.4, -0.2) is 5.78 Å². The molecule has 0 radical (unpaired) electrons. The highest BCUT2D eigenvalue weighted by molar-refractivity contribution is 5.97. The summed E-state index contributed by atoms with van der Waals surface area (Å²) in [6.45, 7) is 3.72. The van der Waals surface area contributed by atoms with Crippen LogP contribution in [0.5, 0.6) is 0 Å². The summed E-state index contributed by atoms with van der Waals surface area (Å²) < 4.78 is 0. The summed E-state index contributed by atoms with van der Waals surface area (Å²) in [4.78, 5) is 11.4. The van der Waals surface area contributed by atoms with Gasteiger partial charge in [0.05, 0.1) is 0 Å². The number of rotatable bonds is 3. The predicted octanol–water partition coefficient (Wildman–Crippen LogP) is 2.21. The minimum absolute atomic E-state index is 0.00253. The highest BCUT2D eigenvalue weighted by Crippen LogP contribution is 2.09. The molecule has 74 valence electrons. The Morgan fingerprint density at radius 3 is 2.36 bits per heavy atom. The SMILES string of the molecule is CC(C)C(=O)C=C(N)c1ccccc1. The van der Waals surface area contributed by atoms with Crippen molar-refractivity contribution < 1.29 is 4.79 Å². The van der Waals surface area contributed by atoms with Gasteiger partial charge in [-0.05, 0) is 5.56 Å². The van der Waals surface area contributed by atoms with Crippen molar-refractivity contribution in [3.63, 3.8) is 0 Å². The highest BCUT2D eigenvalue weighted by Gasteiger charge is 2.04. The molecule has 0 aliphatic rings. The quantitative estimate of drug-likeness (QED) is 0.741. The number of nitrogens with two attached hydrogens (primary N) is 1. The van der Waals surface area contributed by atoms with E-state index >= 15 is 0 Å². The first-order valence-electron chi connectivity index (χ1n) is 4.67. The van der Waals surface area contributed by atoms with Crippen molar-refractivity contribution >= 4 is 11.5 Å². The fraction of sp³-hybridized carbons (Fsp3) is 0.250. The molecular weight excluding hydrogens is 174 g/mol. The van der Waals surface area contributed by atoms with Crippen molar-refractivity contribution in [2.45, 2.75) is 13.8 Å². The maximum atomic E-state index is 11.4. The van der Waals surface area contributed by atoms with Crippen LogP contribution in [0.15, 0.2) is 36.4 Å². The van der Waals surface area contributed by atoms with Gasteiger partial charge in [-0.15, -0.1) is 0 Å². The highest BCUT2D eigenvalue weighted by atomic mass is 16.1. The minimum atomic E-state index is -0.00253.